The maximum absolute atomic E-state index is 6.50. The first-order valence-electron chi connectivity index (χ1n) is 16.2. The monoisotopic (exact) mass is 604 g/mol. The molecule has 1 aliphatic heterocycles. The fourth-order valence-corrected chi connectivity index (χ4v) is 7.32. The van der Waals surface area contributed by atoms with Gasteiger partial charge in [0.05, 0.1) is 0 Å². The Labute approximate surface area is 273 Å². The third kappa shape index (κ3) is 4.62. The highest BCUT2D eigenvalue weighted by atomic mass is 16.3. The van der Waals surface area contributed by atoms with Crippen LogP contribution in [0.2, 0.25) is 0 Å². The molecule has 224 valence electrons. The van der Waals surface area contributed by atoms with Gasteiger partial charge < -0.3 is 9.73 Å². The van der Waals surface area contributed by atoms with Crippen molar-refractivity contribution in [3.8, 4) is 33.4 Å². The molecule has 0 spiro atoms. The summed E-state index contributed by atoms with van der Waals surface area (Å²) in [4.78, 5) is 4.43. The van der Waals surface area contributed by atoms with Gasteiger partial charge in [-0.1, -0.05) is 84.9 Å². The molecule has 6 aromatic carbocycles. The molecule has 0 radical (unpaired) electrons. The Morgan fingerprint density at radius 2 is 1.17 bits per heavy atom. The molecule has 0 atom stereocenters. The van der Waals surface area contributed by atoms with Gasteiger partial charge in [-0.25, -0.2) is 0 Å². The first kappa shape index (κ1) is 27.4. The SMILES string of the molecule is CC1=CC(c2cccc(-c3c4ccccc4c(-c4cccc(-c5ccnc(C)c5)c4)c4cc5oc6ccccc6c5cc34)c2)=CCN1. The van der Waals surface area contributed by atoms with E-state index in [0.717, 1.165) is 39.7 Å². The first-order valence-corrected chi connectivity index (χ1v) is 16.2. The summed E-state index contributed by atoms with van der Waals surface area (Å²) in [7, 11) is 0. The van der Waals surface area contributed by atoms with Gasteiger partial charge in [0, 0.05) is 34.9 Å². The van der Waals surface area contributed by atoms with Crippen molar-refractivity contribution >= 4 is 49.1 Å². The fourth-order valence-electron chi connectivity index (χ4n) is 7.32. The lowest BCUT2D eigenvalue weighted by Gasteiger charge is -2.19. The largest absolute Gasteiger partial charge is 0.456 e. The summed E-state index contributed by atoms with van der Waals surface area (Å²) >= 11 is 0. The Bertz CT molecular complexity index is 2600. The quantitative estimate of drug-likeness (QED) is 0.203. The van der Waals surface area contributed by atoms with Crippen molar-refractivity contribution < 1.29 is 4.42 Å². The Hall–Kier alpha value is -5.93. The maximum atomic E-state index is 6.50. The summed E-state index contributed by atoms with van der Waals surface area (Å²) in [5.74, 6) is 0. The number of furan rings is 1. The fraction of sp³-hybridized carbons (Fsp3) is 0.0682. The summed E-state index contributed by atoms with van der Waals surface area (Å²) in [5.41, 5.74) is 13.6. The first-order chi connectivity index (χ1) is 23.1. The van der Waals surface area contributed by atoms with E-state index in [9.17, 15) is 0 Å². The number of aryl methyl sites for hydroxylation is 1. The van der Waals surface area contributed by atoms with Gasteiger partial charge in [0.2, 0.25) is 0 Å². The molecule has 0 unspecified atom stereocenters. The molecule has 47 heavy (non-hydrogen) atoms. The zero-order valence-electron chi connectivity index (χ0n) is 26.3. The highest BCUT2D eigenvalue weighted by molar-refractivity contribution is 6.25. The summed E-state index contributed by atoms with van der Waals surface area (Å²) < 4.78 is 6.50. The zero-order valence-corrected chi connectivity index (χ0v) is 26.3. The Kier molecular flexibility index (Phi) is 6.32. The van der Waals surface area contributed by atoms with E-state index >= 15 is 0 Å². The number of hydrogen-bond acceptors (Lipinski definition) is 3. The molecule has 9 rings (SSSR count). The number of fused-ring (bicyclic) bond motifs is 5. The van der Waals surface area contributed by atoms with Gasteiger partial charge in [-0.2, -0.15) is 0 Å². The molecule has 0 fully saturated rings. The maximum Gasteiger partial charge on any atom is 0.136 e. The minimum absolute atomic E-state index is 0.839. The van der Waals surface area contributed by atoms with E-state index in [1.165, 1.54) is 66.2 Å². The third-order valence-corrected chi connectivity index (χ3v) is 9.46. The van der Waals surface area contributed by atoms with Crippen molar-refractivity contribution in [1.29, 1.82) is 0 Å². The van der Waals surface area contributed by atoms with Gasteiger partial charge in [-0.3, -0.25) is 4.98 Å². The van der Waals surface area contributed by atoms with Gasteiger partial charge in [0.15, 0.2) is 0 Å². The highest BCUT2D eigenvalue weighted by Gasteiger charge is 2.20. The van der Waals surface area contributed by atoms with Crippen LogP contribution < -0.4 is 5.32 Å². The average Bonchev–Trinajstić information content (AvgIpc) is 3.47. The molecule has 1 N–H and O–H groups in total. The molecule has 3 heterocycles. The van der Waals surface area contributed by atoms with E-state index in [-0.39, 0.29) is 0 Å². The van der Waals surface area contributed by atoms with Gasteiger partial charge in [0.25, 0.3) is 0 Å². The van der Waals surface area contributed by atoms with E-state index in [2.05, 4.69) is 145 Å². The van der Waals surface area contributed by atoms with Crippen LogP contribution >= 0.6 is 0 Å². The van der Waals surface area contributed by atoms with Crippen LogP contribution in [0, 0.1) is 6.92 Å². The molecule has 2 aromatic heterocycles. The summed E-state index contributed by atoms with van der Waals surface area (Å²) in [6, 6.07) is 44.0. The van der Waals surface area contributed by atoms with Crippen molar-refractivity contribution in [3.63, 3.8) is 0 Å². The van der Waals surface area contributed by atoms with Crippen molar-refractivity contribution in [2.24, 2.45) is 0 Å². The minimum Gasteiger partial charge on any atom is -0.456 e. The van der Waals surface area contributed by atoms with Crippen LogP contribution in [0.1, 0.15) is 18.2 Å². The van der Waals surface area contributed by atoms with Crippen LogP contribution in [0.3, 0.4) is 0 Å². The molecule has 0 amide bonds. The van der Waals surface area contributed by atoms with E-state index in [0.29, 0.717) is 0 Å². The molecule has 3 nitrogen and oxygen atoms in total. The third-order valence-electron chi connectivity index (χ3n) is 9.46. The average molecular weight is 605 g/mol. The van der Waals surface area contributed by atoms with Crippen molar-refractivity contribution in [1.82, 2.24) is 10.3 Å². The van der Waals surface area contributed by atoms with Gasteiger partial charge in [0.1, 0.15) is 11.2 Å². The van der Waals surface area contributed by atoms with Crippen LogP contribution in [-0.2, 0) is 0 Å². The van der Waals surface area contributed by atoms with Crippen LogP contribution in [0.25, 0.3) is 82.4 Å². The lowest BCUT2D eigenvalue weighted by Crippen LogP contribution is -2.14. The van der Waals surface area contributed by atoms with E-state index < -0.39 is 0 Å². The molecular formula is C44H32N2O. The normalized spacial score (nSPS) is 13.2. The van der Waals surface area contributed by atoms with Crippen molar-refractivity contribution in [3.05, 3.63) is 157 Å². The molecule has 0 aliphatic carbocycles. The van der Waals surface area contributed by atoms with Gasteiger partial charge >= 0.3 is 0 Å². The van der Waals surface area contributed by atoms with Crippen LogP contribution in [0.4, 0.5) is 0 Å². The summed E-state index contributed by atoms with van der Waals surface area (Å²) in [6.07, 6.45) is 6.39. The lowest BCUT2D eigenvalue weighted by atomic mass is 9.84. The second-order valence-corrected chi connectivity index (χ2v) is 12.5. The number of nitrogens with one attached hydrogen (secondary N) is 1. The number of nitrogens with zero attached hydrogens (tertiary/aromatic N) is 1. The Morgan fingerprint density at radius 1 is 0.532 bits per heavy atom. The zero-order chi connectivity index (χ0) is 31.5. The van der Waals surface area contributed by atoms with Crippen molar-refractivity contribution in [2.75, 3.05) is 6.54 Å². The lowest BCUT2D eigenvalue weighted by molar-refractivity contribution is 0.669. The smallest absolute Gasteiger partial charge is 0.136 e. The Balaban J connectivity index is 1.39. The number of para-hydroxylation sites is 1. The number of hydrogen-bond donors (Lipinski definition) is 1. The summed E-state index contributed by atoms with van der Waals surface area (Å²) in [5, 5.41) is 10.5. The van der Waals surface area contributed by atoms with Crippen LogP contribution in [-0.4, -0.2) is 11.5 Å². The number of aromatic nitrogens is 1. The predicted molar refractivity (Wildman–Crippen MR) is 197 cm³/mol. The number of allylic oxidation sites excluding steroid dienone is 3. The minimum atomic E-state index is 0.839. The van der Waals surface area contributed by atoms with Crippen molar-refractivity contribution in [2.45, 2.75) is 13.8 Å². The molecule has 8 aromatic rings. The molecular weight excluding hydrogens is 572 g/mol. The standard InChI is InChI=1S/C44H32N2O/c1-27-21-31(17-19-45-27)29-9-7-11-33(23-29)43-36-14-3-4-15-37(36)44(34-12-8-10-30(24-34)32-18-20-46-28(2)22-32)40-26-42-38(25-39(40)43)35-13-5-6-16-41(35)47-42/h3-18,20-26,45H,19H2,1-2H3. The Morgan fingerprint density at radius 3 is 1.91 bits per heavy atom. The molecule has 3 heteroatoms. The number of dihydropyridines is 1. The number of rotatable bonds is 4. The van der Waals surface area contributed by atoms with Gasteiger partial charge in [-0.05, 0) is 128 Å². The second-order valence-electron chi connectivity index (χ2n) is 12.5. The van der Waals surface area contributed by atoms with E-state index in [4.69, 9.17) is 4.42 Å². The second kappa shape index (κ2) is 10.9. The topological polar surface area (TPSA) is 38.1 Å². The highest BCUT2D eigenvalue weighted by Crippen LogP contribution is 2.47. The van der Waals surface area contributed by atoms with E-state index in [1.54, 1.807) is 0 Å². The van der Waals surface area contributed by atoms with Gasteiger partial charge in [-0.15, -0.1) is 0 Å². The number of pyridine rings is 1. The molecule has 1 aliphatic rings. The van der Waals surface area contributed by atoms with Crippen LogP contribution in [0.5, 0.6) is 0 Å². The molecule has 0 saturated carbocycles. The van der Waals surface area contributed by atoms with Crippen LogP contribution in [0.15, 0.2) is 150 Å². The predicted octanol–water partition coefficient (Wildman–Crippen LogP) is 11.5. The molecule has 0 saturated heterocycles. The van der Waals surface area contributed by atoms with E-state index in [1.807, 2.05) is 19.2 Å². The summed E-state index contributed by atoms with van der Waals surface area (Å²) in [6.45, 7) is 5.01. The molecule has 0 bridgehead atoms. The number of benzene rings is 6.